The van der Waals surface area contributed by atoms with Crippen LogP contribution < -0.4 is 5.32 Å². The highest BCUT2D eigenvalue weighted by molar-refractivity contribution is 7.11. The fraction of sp³-hybridized carbons (Fsp3) is 0.440. The van der Waals surface area contributed by atoms with E-state index >= 15 is 0 Å². The minimum absolute atomic E-state index is 0.173. The number of aliphatic carboxylic acids is 1. The van der Waals surface area contributed by atoms with Crippen LogP contribution in [0.3, 0.4) is 0 Å². The van der Waals surface area contributed by atoms with Gasteiger partial charge in [-0.3, -0.25) is 14.7 Å². The third kappa shape index (κ3) is 6.15. The molecule has 4 rings (SSSR count). The summed E-state index contributed by atoms with van der Waals surface area (Å²) in [4.78, 5) is 36.3. The van der Waals surface area contributed by atoms with E-state index in [2.05, 4.69) is 15.2 Å². The van der Waals surface area contributed by atoms with Crippen molar-refractivity contribution in [2.24, 2.45) is 10.4 Å². The number of nitrogens with zero attached hydrogens (tertiary/aromatic N) is 3. The Morgan fingerprint density at radius 2 is 2.14 bits per heavy atom. The first-order chi connectivity index (χ1) is 17.6. The number of halogens is 2. The molecule has 1 saturated heterocycles. The molecule has 0 radical (unpaired) electrons. The fourth-order valence-electron chi connectivity index (χ4n) is 4.43. The third-order valence-corrected chi connectivity index (χ3v) is 7.80. The van der Waals surface area contributed by atoms with Crippen molar-refractivity contribution in [3.8, 4) is 0 Å². The normalized spacial score (nSPS) is 20.8. The van der Waals surface area contributed by atoms with E-state index in [9.17, 15) is 14.7 Å². The van der Waals surface area contributed by atoms with Crippen molar-refractivity contribution in [3.05, 3.63) is 61.7 Å². The van der Waals surface area contributed by atoms with Gasteiger partial charge in [-0.2, -0.15) is 0 Å². The van der Waals surface area contributed by atoms with Crippen molar-refractivity contribution < 1.29 is 24.2 Å². The number of esters is 1. The predicted molar refractivity (Wildman–Crippen MR) is 142 cm³/mol. The van der Waals surface area contributed by atoms with Crippen LogP contribution in [0.1, 0.15) is 36.9 Å². The van der Waals surface area contributed by atoms with E-state index in [-0.39, 0.29) is 6.04 Å². The molecule has 0 spiro atoms. The maximum Gasteiger partial charge on any atom is 0.338 e. The lowest BCUT2D eigenvalue weighted by atomic mass is 9.85. The number of thiazole rings is 1. The lowest BCUT2D eigenvalue weighted by Crippen LogP contribution is -2.51. The van der Waals surface area contributed by atoms with Crippen LogP contribution in [0.2, 0.25) is 10.0 Å². The molecule has 198 valence electrons. The highest BCUT2D eigenvalue weighted by Gasteiger charge is 2.38. The van der Waals surface area contributed by atoms with E-state index in [0.717, 1.165) is 0 Å². The Labute approximate surface area is 229 Å². The quantitative estimate of drug-likeness (QED) is 0.457. The lowest BCUT2D eigenvalue weighted by Gasteiger charge is -2.40. The molecule has 0 amide bonds. The van der Waals surface area contributed by atoms with Gasteiger partial charge in [-0.05, 0) is 32.4 Å². The number of hydrogen-bond donors (Lipinski definition) is 2. The van der Waals surface area contributed by atoms with Crippen molar-refractivity contribution in [3.63, 3.8) is 0 Å². The molecule has 1 fully saturated rings. The van der Waals surface area contributed by atoms with Crippen molar-refractivity contribution >= 4 is 52.3 Å². The van der Waals surface area contributed by atoms with E-state index < -0.39 is 23.4 Å². The minimum atomic E-state index is -0.948. The summed E-state index contributed by atoms with van der Waals surface area (Å²) >= 11 is 14.1. The number of carboxylic acid groups (broad SMARTS) is 1. The summed E-state index contributed by atoms with van der Waals surface area (Å²) in [5, 5.41) is 16.3. The van der Waals surface area contributed by atoms with Crippen molar-refractivity contribution in [2.45, 2.75) is 32.4 Å². The molecule has 1 aromatic carbocycles. The van der Waals surface area contributed by atoms with Gasteiger partial charge in [0.25, 0.3) is 0 Å². The van der Waals surface area contributed by atoms with Gasteiger partial charge in [0, 0.05) is 52.0 Å². The zero-order valence-electron chi connectivity index (χ0n) is 20.7. The van der Waals surface area contributed by atoms with Gasteiger partial charge in [0.2, 0.25) is 0 Å². The molecule has 2 aliphatic heterocycles. The monoisotopic (exact) mass is 566 g/mol. The summed E-state index contributed by atoms with van der Waals surface area (Å²) < 4.78 is 10.9. The maximum absolute atomic E-state index is 13.2. The Balaban J connectivity index is 1.78. The molecule has 2 atom stereocenters. The van der Waals surface area contributed by atoms with Crippen LogP contribution in [0, 0.1) is 5.41 Å². The van der Waals surface area contributed by atoms with E-state index in [1.807, 2.05) is 5.38 Å². The summed E-state index contributed by atoms with van der Waals surface area (Å²) in [5.74, 6) is -0.917. The molecule has 0 aliphatic carbocycles. The summed E-state index contributed by atoms with van der Waals surface area (Å²) in [6.45, 7) is 5.16. The summed E-state index contributed by atoms with van der Waals surface area (Å²) in [7, 11) is 1.32. The molecule has 3 heterocycles. The first-order valence-electron chi connectivity index (χ1n) is 11.7. The van der Waals surface area contributed by atoms with E-state index in [0.29, 0.717) is 70.4 Å². The molecule has 2 N–H and O–H groups in total. The molecule has 1 unspecified atom stereocenters. The smallest absolute Gasteiger partial charge is 0.338 e. The van der Waals surface area contributed by atoms with Crippen LogP contribution in [-0.4, -0.2) is 72.2 Å². The number of nitrogens with one attached hydrogen (secondary N) is 1. The Morgan fingerprint density at radius 1 is 1.35 bits per heavy atom. The zero-order chi connectivity index (χ0) is 26.7. The average Bonchev–Trinajstić information content (AvgIpc) is 3.39. The minimum Gasteiger partial charge on any atom is -0.481 e. The molecule has 12 heteroatoms. The second kappa shape index (κ2) is 11.5. The van der Waals surface area contributed by atoms with Gasteiger partial charge >= 0.3 is 11.9 Å². The summed E-state index contributed by atoms with van der Waals surface area (Å²) in [6, 6.07) is 4.12. The first kappa shape index (κ1) is 27.5. The first-order valence-corrected chi connectivity index (χ1v) is 13.3. The van der Waals surface area contributed by atoms with Crippen LogP contribution >= 0.6 is 34.5 Å². The second-order valence-corrected chi connectivity index (χ2v) is 11.2. The van der Waals surface area contributed by atoms with Gasteiger partial charge in [-0.15, -0.1) is 11.3 Å². The highest BCUT2D eigenvalue weighted by atomic mass is 35.5. The van der Waals surface area contributed by atoms with Gasteiger partial charge in [0.1, 0.15) is 6.04 Å². The summed E-state index contributed by atoms with van der Waals surface area (Å²) in [5.41, 5.74) is 0.554. The molecular formula is C25H28Cl2N4O5S. The Morgan fingerprint density at radius 3 is 2.78 bits per heavy atom. The second-order valence-electron chi connectivity index (χ2n) is 9.48. The lowest BCUT2D eigenvalue weighted by molar-refractivity contribution is -0.149. The zero-order valence-corrected chi connectivity index (χ0v) is 23.0. The number of aliphatic imine (C=N–C) groups is 1. The molecule has 2 aromatic rings. The number of benzene rings is 1. The number of carboxylic acids is 1. The number of ether oxygens (including phenoxy) is 2. The Kier molecular flexibility index (Phi) is 8.55. The van der Waals surface area contributed by atoms with Crippen LogP contribution in [0.15, 0.2) is 46.0 Å². The molecule has 1 aromatic heterocycles. The van der Waals surface area contributed by atoms with Crippen LogP contribution in [-0.2, 0) is 19.1 Å². The van der Waals surface area contributed by atoms with Crippen LogP contribution in [0.25, 0.3) is 0 Å². The van der Waals surface area contributed by atoms with E-state index in [4.69, 9.17) is 37.7 Å². The molecule has 9 nitrogen and oxygen atoms in total. The van der Waals surface area contributed by atoms with Gasteiger partial charge in [-0.1, -0.05) is 29.3 Å². The Hall–Kier alpha value is -2.50. The average molecular weight is 567 g/mol. The number of morpholine rings is 1. The standard InChI is InChI=1S/C25H28Cl2N4O5S/c1-25(2,24(33)34)11-15-13-36-8-7-31(15)12-18-19(23(32)35-3)20(16-5-4-14(26)10-17(16)27)30-21(29-18)22-28-6-9-37-22/h4-6,9-10,15,20H,7-8,11-13H2,1-3H3,(H,29,30)(H,33,34)/t15?,20-/m0/s1. The van der Waals surface area contributed by atoms with Crippen molar-refractivity contribution in [2.75, 3.05) is 33.4 Å². The molecule has 0 saturated carbocycles. The van der Waals surface area contributed by atoms with Gasteiger partial charge in [0.15, 0.2) is 10.8 Å². The number of carbonyl (C=O) groups excluding carboxylic acids is 1. The van der Waals surface area contributed by atoms with Gasteiger partial charge < -0.3 is 19.9 Å². The van der Waals surface area contributed by atoms with E-state index in [1.54, 1.807) is 38.2 Å². The van der Waals surface area contributed by atoms with Crippen molar-refractivity contribution in [1.29, 1.82) is 0 Å². The molecule has 0 bridgehead atoms. The molecule has 37 heavy (non-hydrogen) atoms. The largest absolute Gasteiger partial charge is 0.481 e. The highest BCUT2D eigenvalue weighted by Crippen LogP contribution is 2.38. The number of hydrogen-bond acceptors (Lipinski definition) is 9. The fourth-order valence-corrected chi connectivity index (χ4v) is 5.53. The number of methoxy groups -OCH3 is 1. The number of carbonyl (C=O) groups is 2. The number of aromatic nitrogens is 1. The third-order valence-electron chi connectivity index (χ3n) is 6.46. The van der Waals surface area contributed by atoms with E-state index in [1.165, 1.54) is 18.4 Å². The maximum atomic E-state index is 13.2. The number of amidine groups is 1. The molecule has 2 aliphatic rings. The Bertz CT molecular complexity index is 1230. The molecular weight excluding hydrogens is 539 g/mol. The van der Waals surface area contributed by atoms with Gasteiger partial charge in [-0.25, -0.2) is 9.78 Å². The van der Waals surface area contributed by atoms with Gasteiger partial charge in [0.05, 0.1) is 31.3 Å². The van der Waals surface area contributed by atoms with Crippen molar-refractivity contribution in [1.82, 2.24) is 15.2 Å². The van der Waals surface area contributed by atoms with Crippen LogP contribution in [0.4, 0.5) is 0 Å². The predicted octanol–water partition coefficient (Wildman–Crippen LogP) is 4.17. The summed E-state index contributed by atoms with van der Waals surface area (Å²) in [6.07, 6.45) is 2.06. The number of rotatable bonds is 8. The SMILES string of the molecule is COC(=O)C1=C(CN2CCOCC2CC(C)(C)C(=O)O)NC(c2nccs2)=N[C@H]1c1ccc(Cl)cc1Cl. The van der Waals surface area contributed by atoms with Crippen LogP contribution in [0.5, 0.6) is 0 Å². The topological polar surface area (TPSA) is 113 Å².